The summed E-state index contributed by atoms with van der Waals surface area (Å²) in [6.45, 7) is 0. The molecule has 0 saturated carbocycles. The number of nitrogens with zero attached hydrogens (tertiary/aromatic N) is 4. The van der Waals surface area contributed by atoms with Crippen LogP contribution in [-0.4, -0.2) is 19.4 Å². The Kier molecular flexibility index (Phi) is 4.08. The molecule has 0 bridgehead atoms. The zero-order chi connectivity index (χ0) is 18.4. The summed E-state index contributed by atoms with van der Waals surface area (Å²) in [5.74, 6) is 6.09. The van der Waals surface area contributed by atoms with E-state index < -0.39 is 22.4 Å². The van der Waals surface area contributed by atoms with E-state index in [-0.39, 0.29) is 16.3 Å². The Balaban J connectivity index is 2.22. The SMILES string of the molecule is Nn1c(-c2cccs2)nn(-c2ccc(C(F)(F)F)cc2[N+](=O)[O-])c1=S. The highest BCUT2D eigenvalue weighted by Crippen LogP contribution is 2.34. The minimum Gasteiger partial charge on any atom is -0.335 e. The van der Waals surface area contributed by atoms with E-state index in [1.807, 2.05) is 0 Å². The predicted octanol–water partition coefficient (Wildman–Crippen LogP) is 3.77. The van der Waals surface area contributed by atoms with Gasteiger partial charge in [0.05, 0.1) is 15.4 Å². The number of hydrogen-bond donors (Lipinski definition) is 1. The maximum absolute atomic E-state index is 12.8. The molecule has 0 aliphatic heterocycles. The third-order valence-corrected chi connectivity index (χ3v) is 4.51. The van der Waals surface area contributed by atoms with Gasteiger partial charge in [0.25, 0.3) is 5.69 Å². The summed E-state index contributed by atoms with van der Waals surface area (Å²) in [6, 6.07) is 5.59. The van der Waals surface area contributed by atoms with Gasteiger partial charge in [0.1, 0.15) is 5.69 Å². The van der Waals surface area contributed by atoms with Crippen molar-refractivity contribution in [2.75, 3.05) is 5.84 Å². The zero-order valence-electron chi connectivity index (χ0n) is 12.1. The van der Waals surface area contributed by atoms with Crippen LogP contribution < -0.4 is 5.84 Å². The molecule has 12 heteroatoms. The second-order valence-electron chi connectivity index (χ2n) is 4.82. The van der Waals surface area contributed by atoms with E-state index in [9.17, 15) is 23.3 Å². The van der Waals surface area contributed by atoms with E-state index in [0.29, 0.717) is 10.9 Å². The first-order valence-corrected chi connectivity index (χ1v) is 7.86. The largest absolute Gasteiger partial charge is 0.416 e. The van der Waals surface area contributed by atoms with E-state index in [2.05, 4.69) is 5.10 Å². The van der Waals surface area contributed by atoms with Gasteiger partial charge in [-0.1, -0.05) is 6.07 Å². The predicted molar refractivity (Wildman–Crippen MR) is 87.5 cm³/mol. The van der Waals surface area contributed by atoms with Crippen LogP contribution in [0.2, 0.25) is 0 Å². The molecule has 3 rings (SSSR count). The number of alkyl halides is 3. The Morgan fingerprint density at radius 1 is 1.32 bits per heavy atom. The van der Waals surface area contributed by atoms with Crippen molar-refractivity contribution < 1.29 is 18.1 Å². The van der Waals surface area contributed by atoms with Crippen LogP contribution in [0, 0.1) is 14.9 Å². The summed E-state index contributed by atoms with van der Waals surface area (Å²) in [5.41, 5.74) is -2.12. The first kappa shape index (κ1) is 17.1. The van der Waals surface area contributed by atoms with Crippen LogP contribution in [0.1, 0.15) is 5.56 Å². The average molecular weight is 387 g/mol. The number of hydrogen-bond acceptors (Lipinski definition) is 6. The van der Waals surface area contributed by atoms with E-state index in [1.54, 1.807) is 17.5 Å². The van der Waals surface area contributed by atoms with Crippen LogP contribution in [0.4, 0.5) is 18.9 Å². The summed E-state index contributed by atoms with van der Waals surface area (Å²) < 4.78 is 40.4. The first-order valence-electron chi connectivity index (χ1n) is 6.57. The molecule has 7 nitrogen and oxygen atoms in total. The highest BCUT2D eigenvalue weighted by atomic mass is 32.1. The molecule has 0 unspecified atom stereocenters. The highest BCUT2D eigenvalue weighted by molar-refractivity contribution is 7.71. The summed E-state index contributed by atoms with van der Waals surface area (Å²) in [6.07, 6.45) is -4.71. The van der Waals surface area contributed by atoms with Gasteiger partial charge < -0.3 is 5.84 Å². The Labute approximate surface area is 146 Å². The quantitative estimate of drug-likeness (QED) is 0.320. The number of rotatable bonds is 3. The van der Waals surface area contributed by atoms with Crippen molar-refractivity contribution in [1.29, 1.82) is 0 Å². The molecule has 0 aliphatic carbocycles. The second-order valence-corrected chi connectivity index (χ2v) is 6.14. The fourth-order valence-electron chi connectivity index (χ4n) is 2.13. The lowest BCUT2D eigenvalue weighted by Gasteiger charge is -2.08. The number of aromatic nitrogens is 3. The molecule has 25 heavy (non-hydrogen) atoms. The van der Waals surface area contributed by atoms with Gasteiger partial charge in [-0.2, -0.15) is 17.9 Å². The lowest BCUT2D eigenvalue weighted by atomic mass is 10.1. The van der Waals surface area contributed by atoms with Crippen LogP contribution in [-0.2, 0) is 6.18 Å². The van der Waals surface area contributed by atoms with Crippen molar-refractivity contribution in [2.24, 2.45) is 0 Å². The highest BCUT2D eigenvalue weighted by Gasteiger charge is 2.33. The molecule has 0 atom stereocenters. The van der Waals surface area contributed by atoms with Gasteiger partial charge in [-0.3, -0.25) is 10.1 Å². The lowest BCUT2D eigenvalue weighted by molar-refractivity contribution is -0.384. The molecule has 3 aromatic rings. The van der Waals surface area contributed by atoms with Crippen molar-refractivity contribution in [2.45, 2.75) is 6.18 Å². The summed E-state index contributed by atoms with van der Waals surface area (Å²) >= 11 is 6.44. The van der Waals surface area contributed by atoms with Gasteiger partial charge in [0.15, 0.2) is 5.82 Å². The van der Waals surface area contributed by atoms with Crippen molar-refractivity contribution >= 4 is 29.2 Å². The Morgan fingerprint density at radius 3 is 2.60 bits per heavy atom. The van der Waals surface area contributed by atoms with Crippen molar-refractivity contribution in [3.05, 3.63) is 56.2 Å². The summed E-state index contributed by atoms with van der Waals surface area (Å²) in [4.78, 5) is 11.0. The van der Waals surface area contributed by atoms with Gasteiger partial charge in [0, 0.05) is 6.07 Å². The van der Waals surface area contributed by atoms with Crippen LogP contribution in [0.15, 0.2) is 35.7 Å². The number of nitrogens with two attached hydrogens (primary N) is 1. The summed E-state index contributed by atoms with van der Waals surface area (Å²) in [5, 5.41) is 17.1. The molecule has 1 aromatic carbocycles. The van der Waals surface area contributed by atoms with Crippen LogP contribution >= 0.6 is 23.6 Å². The monoisotopic (exact) mass is 387 g/mol. The van der Waals surface area contributed by atoms with Crippen LogP contribution in [0.3, 0.4) is 0 Å². The number of nitrogen functional groups attached to an aromatic ring is 1. The van der Waals surface area contributed by atoms with Crippen LogP contribution in [0.5, 0.6) is 0 Å². The first-order chi connectivity index (χ1) is 11.7. The molecule has 0 spiro atoms. The molecule has 2 N–H and O–H groups in total. The van der Waals surface area contributed by atoms with E-state index in [0.717, 1.165) is 21.5 Å². The van der Waals surface area contributed by atoms with E-state index in [4.69, 9.17) is 18.1 Å². The van der Waals surface area contributed by atoms with Gasteiger partial charge in [-0.05, 0) is 35.8 Å². The second kappa shape index (κ2) is 5.97. The molecule has 2 aromatic heterocycles. The standard InChI is InChI=1S/C13H8F3N5O2S2/c14-13(15,16)7-3-4-8(9(6-7)21(22)23)20-12(24)19(17)11(18-20)10-2-1-5-25-10/h1-6H,17H2. The molecule has 0 fully saturated rings. The maximum Gasteiger partial charge on any atom is 0.416 e. The lowest BCUT2D eigenvalue weighted by Crippen LogP contribution is -2.11. The van der Waals surface area contributed by atoms with Crippen molar-refractivity contribution in [3.8, 4) is 16.4 Å². The number of nitro groups is 1. The molecular weight excluding hydrogens is 379 g/mol. The molecule has 0 aliphatic rings. The van der Waals surface area contributed by atoms with Gasteiger partial charge in [-0.25, -0.2) is 4.68 Å². The minimum atomic E-state index is -4.71. The van der Waals surface area contributed by atoms with E-state index >= 15 is 0 Å². The molecular formula is C13H8F3N5O2S2. The number of benzene rings is 1. The van der Waals surface area contributed by atoms with Crippen molar-refractivity contribution in [3.63, 3.8) is 0 Å². The molecule has 0 amide bonds. The molecule has 2 heterocycles. The third-order valence-electron chi connectivity index (χ3n) is 3.28. The number of nitro benzene ring substituents is 1. The Hall–Kier alpha value is -2.73. The third kappa shape index (κ3) is 3.00. The number of thiophene rings is 1. The van der Waals surface area contributed by atoms with E-state index in [1.165, 1.54) is 11.3 Å². The normalized spacial score (nSPS) is 11.6. The van der Waals surface area contributed by atoms with Crippen molar-refractivity contribution in [1.82, 2.24) is 14.5 Å². The average Bonchev–Trinajstić information content (AvgIpc) is 3.16. The Morgan fingerprint density at radius 2 is 2.04 bits per heavy atom. The Bertz CT molecular complexity index is 1010. The topological polar surface area (TPSA) is 91.9 Å². The number of halogens is 3. The molecule has 0 radical (unpaired) electrons. The summed E-state index contributed by atoms with van der Waals surface area (Å²) in [7, 11) is 0. The van der Waals surface area contributed by atoms with Gasteiger partial charge in [-0.15, -0.1) is 16.4 Å². The molecule has 130 valence electrons. The fourth-order valence-corrected chi connectivity index (χ4v) is 3.07. The zero-order valence-corrected chi connectivity index (χ0v) is 13.7. The van der Waals surface area contributed by atoms with Crippen LogP contribution in [0.25, 0.3) is 16.4 Å². The maximum atomic E-state index is 12.8. The van der Waals surface area contributed by atoms with Gasteiger partial charge in [0.2, 0.25) is 4.77 Å². The van der Waals surface area contributed by atoms with Gasteiger partial charge >= 0.3 is 6.18 Å². The fraction of sp³-hybridized carbons (Fsp3) is 0.0769. The molecule has 0 saturated heterocycles. The minimum absolute atomic E-state index is 0.0914. The smallest absolute Gasteiger partial charge is 0.335 e.